The Morgan fingerprint density at radius 1 is 1.06 bits per heavy atom. The summed E-state index contributed by atoms with van der Waals surface area (Å²) < 4.78 is 14.4. The van der Waals surface area contributed by atoms with Crippen LogP contribution in [0.25, 0.3) is 11.2 Å². The first-order chi connectivity index (χ1) is 15.2. The second-order valence-corrected chi connectivity index (χ2v) is 8.32. The number of anilines is 2. The molecule has 31 heavy (non-hydrogen) atoms. The molecule has 0 saturated heterocycles. The maximum atomic E-state index is 12.8. The molecular weight excluding hydrogens is 406 g/mol. The van der Waals surface area contributed by atoms with E-state index < -0.39 is 10.8 Å². The van der Waals surface area contributed by atoms with Gasteiger partial charge >= 0.3 is 0 Å². The molecule has 7 heteroatoms. The zero-order valence-corrected chi connectivity index (χ0v) is 18.2. The van der Waals surface area contributed by atoms with Gasteiger partial charge in [0.1, 0.15) is 0 Å². The van der Waals surface area contributed by atoms with Crippen LogP contribution < -0.4 is 5.32 Å². The van der Waals surface area contributed by atoms with Gasteiger partial charge in [-0.3, -0.25) is 4.99 Å². The van der Waals surface area contributed by atoms with E-state index in [1.54, 1.807) is 17.8 Å². The zero-order chi connectivity index (χ0) is 21.6. The molecule has 0 saturated carbocycles. The van der Waals surface area contributed by atoms with Crippen LogP contribution in [0.3, 0.4) is 0 Å². The first kappa shape index (κ1) is 20.7. The summed E-state index contributed by atoms with van der Waals surface area (Å²) in [7, 11) is 0.506. The highest BCUT2D eigenvalue weighted by molar-refractivity contribution is 7.85. The van der Waals surface area contributed by atoms with E-state index in [1.807, 2.05) is 72.9 Å². The standard InChI is InChI=1S/C24H23N5OS/c1-3-7-19(16-25-2)18-10-12-20(13-11-18)26-24-27-23-15-14-22(17-29(23)28-24)31(30)21-8-5-4-6-9-21/h4-17H,3H2,1-2H3,(H,26,28)/b19-7+,25-16?. The minimum atomic E-state index is -1.27. The van der Waals surface area contributed by atoms with Crippen molar-refractivity contribution in [1.82, 2.24) is 14.6 Å². The van der Waals surface area contributed by atoms with Crippen LogP contribution >= 0.6 is 0 Å². The normalized spacial score (nSPS) is 13.0. The van der Waals surface area contributed by atoms with E-state index in [9.17, 15) is 4.21 Å². The third kappa shape index (κ3) is 4.78. The fraction of sp³-hybridized carbons (Fsp3) is 0.125. The van der Waals surface area contributed by atoms with E-state index in [1.165, 1.54) is 0 Å². The number of hydrogen-bond donors (Lipinski definition) is 1. The van der Waals surface area contributed by atoms with Gasteiger partial charge in [-0.05, 0) is 54.0 Å². The van der Waals surface area contributed by atoms with Crippen molar-refractivity contribution in [2.24, 2.45) is 4.99 Å². The third-order valence-corrected chi connectivity index (χ3v) is 6.01. The Hall–Kier alpha value is -3.58. The monoisotopic (exact) mass is 429 g/mol. The van der Waals surface area contributed by atoms with Crippen LogP contribution in [-0.4, -0.2) is 32.1 Å². The van der Waals surface area contributed by atoms with Gasteiger partial charge in [0.15, 0.2) is 5.65 Å². The van der Waals surface area contributed by atoms with E-state index in [2.05, 4.69) is 33.4 Å². The molecule has 1 unspecified atom stereocenters. The Kier molecular flexibility index (Phi) is 6.33. The number of pyridine rings is 1. The van der Waals surface area contributed by atoms with Gasteiger partial charge in [0.2, 0.25) is 5.95 Å². The molecular formula is C24H23N5OS. The van der Waals surface area contributed by atoms with Gasteiger partial charge in [-0.1, -0.05) is 43.3 Å². The lowest BCUT2D eigenvalue weighted by atomic mass is 10.1. The van der Waals surface area contributed by atoms with Crippen molar-refractivity contribution >= 4 is 39.9 Å². The highest BCUT2D eigenvalue weighted by Crippen LogP contribution is 2.21. The number of aromatic nitrogens is 3. The van der Waals surface area contributed by atoms with Crippen LogP contribution in [0.4, 0.5) is 11.6 Å². The van der Waals surface area contributed by atoms with E-state index >= 15 is 0 Å². The van der Waals surface area contributed by atoms with Crippen LogP contribution in [-0.2, 0) is 10.8 Å². The summed E-state index contributed by atoms with van der Waals surface area (Å²) in [4.78, 5) is 10.1. The molecule has 0 spiro atoms. The fourth-order valence-corrected chi connectivity index (χ4v) is 4.25. The Morgan fingerprint density at radius 2 is 1.84 bits per heavy atom. The summed E-state index contributed by atoms with van der Waals surface area (Å²) in [5.41, 5.74) is 3.77. The second-order valence-electron chi connectivity index (χ2n) is 6.84. The summed E-state index contributed by atoms with van der Waals surface area (Å²) in [5.74, 6) is 0.481. The molecule has 1 atom stereocenters. The minimum absolute atomic E-state index is 0.481. The molecule has 4 rings (SSSR count). The third-order valence-electron chi connectivity index (χ3n) is 4.64. The highest BCUT2D eigenvalue weighted by atomic mass is 32.2. The maximum absolute atomic E-state index is 12.8. The number of rotatable bonds is 7. The lowest BCUT2D eigenvalue weighted by Crippen LogP contribution is -1.97. The Bertz CT molecular complexity index is 1260. The molecule has 6 nitrogen and oxygen atoms in total. The number of nitrogens with one attached hydrogen (secondary N) is 1. The number of fused-ring (bicyclic) bond motifs is 1. The first-order valence-electron chi connectivity index (χ1n) is 10.0. The van der Waals surface area contributed by atoms with E-state index in [0.717, 1.165) is 28.1 Å². The number of allylic oxidation sites excluding steroid dienone is 2. The molecule has 0 radical (unpaired) electrons. The van der Waals surface area contributed by atoms with Crippen LogP contribution in [0.5, 0.6) is 0 Å². The highest BCUT2D eigenvalue weighted by Gasteiger charge is 2.10. The Labute approximate surface area is 183 Å². The lowest BCUT2D eigenvalue weighted by molar-refractivity contribution is 0.682. The molecule has 0 amide bonds. The lowest BCUT2D eigenvalue weighted by Gasteiger charge is -2.05. The van der Waals surface area contributed by atoms with Crippen molar-refractivity contribution in [2.75, 3.05) is 12.4 Å². The summed E-state index contributed by atoms with van der Waals surface area (Å²) in [6.07, 6.45) is 6.72. The van der Waals surface area contributed by atoms with Crippen molar-refractivity contribution < 1.29 is 4.21 Å². The van der Waals surface area contributed by atoms with Gasteiger partial charge in [-0.25, -0.2) is 8.72 Å². The largest absolute Gasteiger partial charge is 0.323 e. The van der Waals surface area contributed by atoms with Crippen LogP contribution in [0.2, 0.25) is 0 Å². The molecule has 0 aliphatic carbocycles. The molecule has 0 bridgehead atoms. The van der Waals surface area contributed by atoms with Crippen molar-refractivity contribution in [3.05, 3.63) is 84.6 Å². The maximum Gasteiger partial charge on any atom is 0.247 e. The number of nitrogens with zero attached hydrogens (tertiary/aromatic N) is 4. The number of benzene rings is 2. The SMILES string of the molecule is CC/C=C(\C=NC)c1ccc(Nc2nc3ccc(S(=O)c4ccccc4)cn3n2)cc1. The molecule has 2 aromatic heterocycles. The summed E-state index contributed by atoms with van der Waals surface area (Å²) in [5, 5.41) is 7.72. The number of hydrogen-bond acceptors (Lipinski definition) is 5. The summed E-state index contributed by atoms with van der Waals surface area (Å²) in [6, 6.07) is 21.1. The summed E-state index contributed by atoms with van der Waals surface area (Å²) >= 11 is 0. The smallest absolute Gasteiger partial charge is 0.247 e. The van der Waals surface area contributed by atoms with E-state index in [0.29, 0.717) is 16.5 Å². The van der Waals surface area contributed by atoms with Gasteiger partial charge in [0.25, 0.3) is 0 Å². The van der Waals surface area contributed by atoms with Gasteiger partial charge < -0.3 is 5.32 Å². The van der Waals surface area contributed by atoms with Gasteiger partial charge in [-0.15, -0.1) is 5.10 Å². The summed E-state index contributed by atoms with van der Waals surface area (Å²) in [6.45, 7) is 2.11. The molecule has 156 valence electrons. The Morgan fingerprint density at radius 3 is 2.55 bits per heavy atom. The van der Waals surface area contributed by atoms with Gasteiger partial charge in [-0.2, -0.15) is 4.98 Å². The zero-order valence-electron chi connectivity index (χ0n) is 17.4. The van der Waals surface area contributed by atoms with Crippen LogP contribution in [0.1, 0.15) is 18.9 Å². The number of aliphatic imine (C=N–C) groups is 1. The van der Waals surface area contributed by atoms with Crippen LogP contribution in [0.15, 0.2) is 93.8 Å². The van der Waals surface area contributed by atoms with E-state index in [-0.39, 0.29) is 0 Å². The predicted octanol–water partition coefficient (Wildman–Crippen LogP) is 5.13. The van der Waals surface area contributed by atoms with E-state index in [4.69, 9.17) is 0 Å². The predicted molar refractivity (Wildman–Crippen MR) is 127 cm³/mol. The van der Waals surface area contributed by atoms with Crippen molar-refractivity contribution in [1.29, 1.82) is 0 Å². The Balaban J connectivity index is 1.54. The first-order valence-corrected chi connectivity index (χ1v) is 11.2. The molecule has 0 fully saturated rings. The molecule has 0 aliphatic heterocycles. The van der Waals surface area contributed by atoms with Crippen molar-refractivity contribution in [3.8, 4) is 0 Å². The van der Waals surface area contributed by atoms with Crippen molar-refractivity contribution in [2.45, 2.75) is 23.1 Å². The minimum Gasteiger partial charge on any atom is -0.323 e. The van der Waals surface area contributed by atoms with Gasteiger partial charge in [0.05, 0.1) is 15.7 Å². The average molecular weight is 430 g/mol. The molecule has 2 aromatic carbocycles. The van der Waals surface area contributed by atoms with Crippen molar-refractivity contribution in [3.63, 3.8) is 0 Å². The van der Waals surface area contributed by atoms with Crippen LogP contribution in [0, 0.1) is 0 Å². The quantitative estimate of drug-likeness (QED) is 0.413. The molecule has 4 aromatic rings. The molecule has 0 aliphatic rings. The topological polar surface area (TPSA) is 71.7 Å². The second kappa shape index (κ2) is 9.49. The van der Waals surface area contributed by atoms with Gasteiger partial charge in [0, 0.05) is 30.0 Å². The molecule has 2 heterocycles. The fourth-order valence-electron chi connectivity index (χ4n) is 3.19. The average Bonchev–Trinajstić information content (AvgIpc) is 3.21. The molecule has 1 N–H and O–H groups in total.